The average Bonchev–Trinajstić information content (AvgIpc) is 2.47. The molecule has 0 heterocycles. The lowest BCUT2D eigenvalue weighted by Gasteiger charge is -2.24. The Balaban J connectivity index is 2.56. The number of phenols is 1. The molecule has 4 N–H and O–H groups in total. The first-order chi connectivity index (χ1) is 9.85. The van der Waals surface area contributed by atoms with Gasteiger partial charge in [-0.3, -0.25) is 9.59 Å². The molecule has 6 nitrogen and oxygen atoms in total. The van der Waals surface area contributed by atoms with Crippen molar-refractivity contribution < 1.29 is 14.7 Å². The Morgan fingerprint density at radius 2 is 1.90 bits per heavy atom. The Morgan fingerprint density at radius 1 is 1.33 bits per heavy atom. The van der Waals surface area contributed by atoms with Gasteiger partial charge in [-0.05, 0) is 24.1 Å². The maximum Gasteiger partial charge on any atom is 0.239 e. The quantitative estimate of drug-likeness (QED) is 0.693. The molecule has 0 aliphatic rings. The van der Waals surface area contributed by atoms with Gasteiger partial charge in [0.25, 0.3) is 0 Å². The Hall–Kier alpha value is -2.08. The van der Waals surface area contributed by atoms with Crippen molar-refractivity contribution >= 4 is 11.8 Å². The predicted molar refractivity (Wildman–Crippen MR) is 80.7 cm³/mol. The lowest BCUT2D eigenvalue weighted by Crippen LogP contribution is -2.46. The molecule has 0 saturated carbocycles. The van der Waals surface area contributed by atoms with Crippen LogP contribution in [0, 0.1) is 5.92 Å². The SMILES string of the molecule is CNC(=O)C(C)CN(C)C(=O)[C@@H](N)Cc1ccc(O)cc1. The second kappa shape index (κ2) is 7.64. The molecule has 1 aromatic rings. The molecule has 1 aromatic carbocycles. The van der Waals surface area contributed by atoms with E-state index in [1.54, 1.807) is 45.3 Å². The van der Waals surface area contributed by atoms with Gasteiger partial charge in [-0.2, -0.15) is 0 Å². The van der Waals surface area contributed by atoms with E-state index in [-0.39, 0.29) is 23.5 Å². The van der Waals surface area contributed by atoms with Gasteiger partial charge in [0.15, 0.2) is 0 Å². The highest BCUT2D eigenvalue weighted by Gasteiger charge is 2.22. The number of nitrogens with two attached hydrogens (primary N) is 1. The summed E-state index contributed by atoms with van der Waals surface area (Å²) >= 11 is 0. The first kappa shape index (κ1) is 17.0. The molecule has 1 unspecified atom stereocenters. The monoisotopic (exact) mass is 293 g/mol. The summed E-state index contributed by atoms with van der Waals surface area (Å²) in [6, 6.07) is 5.91. The number of amides is 2. The van der Waals surface area contributed by atoms with Crippen LogP contribution in [0.3, 0.4) is 0 Å². The summed E-state index contributed by atoms with van der Waals surface area (Å²) in [5, 5.41) is 11.8. The number of aromatic hydroxyl groups is 1. The van der Waals surface area contributed by atoms with Gasteiger partial charge in [0.1, 0.15) is 5.75 Å². The molecular weight excluding hydrogens is 270 g/mol. The largest absolute Gasteiger partial charge is 0.508 e. The lowest BCUT2D eigenvalue weighted by molar-refractivity contribution is -0.133. The van der Waals surface area contributed by atoms with Crippen LogP contribution in [0.5, 0.6) is 5.75 Å². The first-order valence-corrected chi connectivity index (χ1v) is 6.85. The molecule has 0 saturated heterocycles. The second-order valence-corrected chi connectivity index (χ2v) is 5.21. The summed E-state index contributed by atoms with van der Waals surface area (Å²) in [5.74, 6) is -0.430. The minimum absolute atomic E-state index is 0.109. The molecule has 116 valence electrons. The smallest absolute Gasteiger partial charge is 0.239 e. The number of nitrogens with zero attached hydrogens (tertiary/aromatic N) is 1. The van der Waals surface area contributed by atoms with Crippen molar-refractivity contribution in [3.05, 3.63) is 29.8 Å². The molecule has 0 spiro atoms. The van der Waals surface area contributed by atoms with Crippen LogP contribution < -0.4 is 11.1 Å². The van der Waals surface area contributed by atoms with Gasteiger partial charge in [0.2, 0.25) is 11.8 Å². The lowest BCUT2D eigenvalue weighted by atomic mass is 10.0. The number of rotatable bonds is 6. The van der Waals surface area contributed by atoms with Crippen LogP contribution in [-0.4, -0.2) is 48.5 Å². The number of carbonyl (C=O) groups is 2. The van der Waals surface area contributed by atoms with Crippen molar-refractivity contribution in [1.29, 1.82) is 0 Å². The van der Waals surface area contributed by atoms with Gasteiger partial charge >= 0.3 is 0 Å². The van der Waals surface area contributed by atoms with E-state index in [2.05, 4.69) is 5.32 Å². The standard InChI is InChI=1S/C15H23N3O3/c1-10(14(20)17-2)9-18(3)15(21)13(16)8-11-4-6-12(19)7-5-11/h4-7,10,13,19H,8-9,16H2,1-3H3,(H,17,20)/t10?,13-/m0/s1. The fourth-order valence-corrected chi connectivity index (χ4v) is 2.09. The minimum atomic E-state index is -0.670. The summed E-state index contributed by atoms with van der Waals surface area (Å²) in [7, 11) is 3.20. The van der Waals surface area contributed by atoms with Crippen LogP contribution in [0.15, 0.2) is 24.3 Å². The van der Waals surface area contributed by atoms with Gasteiger partial charge in [-0.1, -0.05) is 19.1 Å². The molecule has 6 heteroatoms. The molecule has 0 aromatic heterocycles. The molecule has 0 bridgehead atoms. The molecule has 21 heavy (non-hydrogen) atoms. The number of nitrogens with one attached hydrogen (secondary N) is 1. The number of phenolic OH excluding ortho intramolecular Hbond substituents is 1. The van der Waals surface area contributed by atoms with Gasteiger partial charge in [0, 0.05) is 20.6 Å². The van der Waals surface area contributed by atoms with E-state index in [1.165, 1.54) is 4.90 Å². The summed E-state index contributed by atoms with van der Waals surface area (Å²) in [4.78, 5) is 25.1. The number of hydrogen-bond acceptors (Lipinski definition) is 4. The Labute approximate surface area is 124 Å². The van der Waals surface area contributed by atoms with Gasteiger partial charge in [0.05, 0.1) is 12.0 Å². The normalized spacial score (nSPS) is 13.3. The summed E-state index contributed by atoms with van der Waals surface area (Å²) < 4.78 is 0. The minimum Gasteiger partial charge on any atom is -0.508 e. The fourth-order valence-electron chi connectivity index (χ4n) is 2.09. The molecule has 1 rings (SSSR count). The highest BCUT2D eigenvalue weighted by molar-refractivity contribution is 5.83. The van der Waals surface area contributed by atoms with Crippen molar-refractivity contribution in [2.24, 2.45) is 11.7 Å². The first-order valence-electron chi connectivity index (χ1n) is 6.85. The molecule has 2 amide bonds. The van der Waals surface area contributed by atoms with E-state index in [0.29, 0.717) is 13.0 Å². The van der Waals surface area contributed by atoms with Gasteiger partial charge in [-0.25, -0.2) is 0 Å². The van der Waals surface area contributed by atoms with Crippen LogP contribution in [0.4, 0.5) is 0 Å². The maximum absolute atomic E-state index is 12.2. The van der Waals surface area contributed by atoms with Crippen LogP contribution in [-0.2, 0) is 16.0 Å². The number of carbonyl (C=O) groups excluding carboxylic acids is 2. The molecule has 0 radical (unpaired) electrons. The zero-order valence-corrected chi connectivity index (χ0v) is 12.7. The maximum atomic E-state index is 12.2. The van der Waals surface area contributed by atoms with Crippen molar-refractivity contribution in [2.75, 3.05) is 20.6 Å². The third-order valence-electron chi connectivity index (χ3n) is 3.33. The molecule has 0 aliphatic carbocycles. The predicted octanol–water partition coefficient (Wildman–Crippen LogP) is 0.103. The van der Waals surface area contributed by atoms with Crippen molar-refractivity contribution in [2.45, 2.75) is 19.4 Å². The van der Waals surface area contributed by atoms with E-state index in [1.807, 2.05) is 0 Å². The van der Waals surface area contributed by atoms with Crippen LogP contribution in [0.2, 0.25) is 0 Å². The summed E-state index contributed by atoms with van der Waals surface area (Å²) in [6.07, 6.45) is 0.387. The van der Waals surface area contributed by atoms with Crippen molar-refractivity contribution in [3.8, 4) is 5.75 Å². The fraction of sp³-hybridized carbons (Fsp3) is 0.467. The number of likely N-dealkylation sites (N-methyl/N-ethyl adjacent to an activating group) is 1. The number of benzene rings is 1. The van der Waals surface area contributed by atoms with Gasteiger partial charge < -0.3 is 21.1 Å². The highest BCUT2D eigenvalue weighted by atomic mass is 16.3. The van der Waals surface area contributed by atoms with E-state index in [4.69, 9.17) is 5.73 Å². The third-order valence-corrected chi connectivity index (χ3v) is 3.33. The van der Waals surface area contributed by atoms with Crippen LogP contribution in [0.1, 0.15) is 12.5 Å². The van der Waals surface area contributed by atoms with Crippen molar-refractivity contribution in [3.63, 3.8) is 0 Å². The Bertz CT molecular complexity index is 487. The van der Waals surface area contributed by atoms with E-state index < -0.39 is 6.04 Å². The second-order valence-electron chi connectivity index (χ2n) is 5.21. The Kier molecular flexibility index (Phi) is 6.17. The average molecular weight is 293 g/mol. The van der Waals surface area contributed by atoms with E-state index >= 15 is 0 Å². The van der Waals surface area contributed by atoms with Gasteiger partial charge in [-0.15, -0.1) is 0 Å². The summed E-state index contributed by atoms with van der Waals surface area (Å²) in [5.41, 5.74) is 6.79. The molecule has 0 aliphatic heterocycles. The van der Waals surface area contributed by atoms with E-state index in [9.17, 15) is 14.7 Å². The highest BCUT2D eigenvalue weighted by Crippen LogP contribution is 2.11. The molecule has 0 fully saturated rings. The zero-order valence-electron chi connectivity index (χ0n) is 12.7. The third kappa shape index (κ3) is 5.07. The molecule has 2 atom stereocenters. The molecular formula is C15H23N3O3. The Morgan fingerprint density at radius 3 is 2.43 bits per heavy atom. The topological polar surface area (TPSA) is 95.7 Å². The van der Waals surface area contributed by atoms with Crippen molar-refractivity contribution in [1.82, 2.24) is 10.2 Å². The van der Waals surface area contributed by atoms with Crippen LogP contribution in [0.25, 0.3) is 0 Å². The van der Waals surface area contributed by atoms with Crippen LogP contribution >= 0.6 is 0 Å². The van der Waals surface area contributed by atoms with E-state index in [0.717, 1.165) is 5.56 Å². The zero-order chi connectivity index (χ0) is 16.0. The summed E-state index contributed by atoms with van der Waals surface area (Å²) in [6.45, 7) is 2.08. The number of hydrogen-bond donors (Lipinski definition) is 3.